The molecule has 0 aromatic rings. The van der Waals surface area contributed by atoms with Crippen LogP contribution < -0.4 is 5.32 Å². The lowest BCUT2D eigenvalue weighted by atomic mass is 9.87. The molecule has 0 spiro atoms. The smallest absolute Gasteiger partial charge is 0.223 e. The molecule has 2 aliphatic rings. The molecule has 3 nitrogen and oxygen atoms in total. The number of amides is 1. The van der Waals surface area contributed by atoms with E-state index in [-0.39, 0.29) is 17.9 Å². The van der Waals surface area contributed by atoms with Crippen LogP contribution >= 0.6 is 0 Å². The van der Waals surface area contributed by atoms with Crippen LogP contribution in [-0.4, -0.2) is 23.7 Å². The van der Waals surface area contributed by atoms with Crippen LogP contribution in [0, 0.1) is 11.8 Å². The first kappa shape index (κ1) is 14.8. The van der Waals surface area contributed by atoms with Crippen LogP contribution in [0.2, 0.25) is 0 Å². The van der Waals surface area contributed by atoms with Crippen molar-refractivity contribution in [1.29, 1.82) is 0 Å². The van der Waals surface area contributed by atoms with Crippen LogP contribution in [-0.2, 0) is 4.79 Å². The third kappa shape index (κ3) is 5.13. The summed E-state index contributed by atoms with van der Waals surface area (Å²) in [5, 5.41) is 12.6. The molecular weight excluding hydrogens is 238 g/mol. The van der Waals surface area contributed by atoms with Gasteiger partial charge in [0.05, 0.1) is 6.10 Å². The Labute approximate surface area is 117 Å². The third-order valence-electron chi connectivity index (χ3n) is 4.86. The quantitative estimate of drug-likeness (QED) is 0.826. The standard InChI is InChI=1S/C16H29NO2/c18-15-10-8-13(9-11-15)12-17-16(19)14-6-4-2-1-3-5-7-14/h13-15,18H,1-12H2,(H,17,19). The molecule has 19 heavy (non-hydrogen) atoms. The van der Waals surface area contributed by atoms with E-state index in [0.717, 1.165) is 45.1 Å². The Bertz CT molecular complexity index is 264. The predicted octanol–water partition coefficient (Wildman–Crippen LogP) is 3.01. The lowest BCUT2D eigenvalue weighted by Crippen LogP contribution is -2.36. The Morgan fingerprint density at radius 3 is 2.11 bits per heavy atom. The molecule has 0 aliphatic heterocycles. The minimum atomic E-state index is -0.0995. The number of hydrogen-bond acceptors (Lipinski definition) is 2. The average molecular weight is 267 g/mol. The summed E-state index contributed by atoms with van der Waals surface area (Å²) in [4.78, 5) is 12.2. The number of carbonyl (C=O) groups is 1. The highest BCUT2D eigenvalue weighted by molar-refractivity contribution is 5.78. The van der Waals surface area contributed by atoms with Gasteiger partial charge in [-0.2, -0.15) is 0 Å². The van der Waals surface area contributed by atoms with Crippen LogP contribution in [0.5, 0.6) is 0 Å². The molecule has 110 valence electrons. The fourth-order valence-electron chi connectivity index (χ4n) is 3.46. The van der Waals surface area contributed by atoms with E-state index >= 15 is 0 Å². The summed E-state index contributed by atoms with van der Waals surface area (Å²) in [6.45, 7) is 0.821. The molecule has 0 aromatic carbocycles. The Morgan fingerprint density at radius 2 is 1.47 bits per heavy atom. The SMILES string of the molecule is O=C(NCC1CCC(O)CC1)C1CCCCCCC1. The number of carbonyl (C=O) groups excluding carboxylic acids is 1. The van der Waals surface area contributed by atoms with E-state index in [1.54, 1.807) is 0 Å². The van der Waals surface area contributed by atoms with Gasteiger partial charge in [0.15, 0.2) is 0 Å². The van der Waals surface area contributed by atoms with Crippen molar-refractivity contribution in [3.05, 3.63) is 0 Å². The van der Waals surface area contributed by atoms with E-state index < -0.39 is 0 Å². The van der Waals surface area contributed by atoms with Gasteiger partial charge in [-0.3, -0.25) is 4.79 Å². The molecule has 2 rings (SSSR count). The zero-order valence-corrected chi connectivity index (χ0v) is 12.1. The van der Waals surface area contributed by atoms with Crippen molar-refractivity contribution in [3.63, 3.8) is 0 Å². The molecule has 2 aliphatic carbocycles. The maximum atomic E-state index is 12.2. The van der Waals surface area contributed by atoms with Gasteiger partial charge in [0.2, 0.25) is 5.91 Å². The predicted molar refractivity (Wildman–Crippen MR) is 76.8 cm³/mol. The number of rotatable bonds is 3. The minimum Gasteiger partial charge on any atom is -0.393 e. The first-order valence-corrected chi connectivity index (χ1v) is 8.21. The number of hydrogen-bond donors (Lipinski definition) is 2. The number of aliphatic hydroxyl groups excluding tert-OH is 1. The van der Waals surface area contributed by atoms with Gasteiger partial charge < -0.3 is 10.4 Å². The summed E-state index contributed by atoms with van der Waals surface area (Å²) in [7, 11) is 0. The first-order chi connectivity index (χ1) is 9.25. The second kappa shape index (κ2) is 7.88. The Kier molecular flexibility index (Phi) is 6.15. The fourth-order valence-corrected chi connectivity index (χ4v) is 3.46. The first-order valence-electron chi connectivity index (χ1n) is 8.21. The molecule has 0 radical (unpaired) electrons. The van der Waals surface area contributed by atoms with Crippen molar-refractivity contribution >= 4 is 5.91 Å². The van der Waals surface area contributed by atoms with Crippen molar-refractivity contribution in [2.45, 2.75) is 76.7 Å². The molecule has 1 amide bonds. The molecule has 3 heteroatoms. The highest BCUT2D eigenvalue weighted by atomic mass is 16.3. The molecule has 0 aromatic heterocycles. The Morgan fingerprint density at radius 1 is 0.895 bits per heavy atom. The van der Waals surface area contributed by atoms with Gasteiger partial charge in [-0.15, -0.1) is 0 Å². The molecule has 0 bridgehead atoms. The van der Waals surface area contributed by atoms with Crippen LogP contribution in [0.15, 0.2) is 0 Å². The van der Waals surface area contributed by atoms with Gasteiger partial charge in [-0.25, -0.2) is 0 Å². The normalized spacial score (nSPS) is 30.4. The van der Waals surface area contributed by atoms with E-state index in [4.69, 9.17) is 0 Å². The van der Waals surface area contributed by atoms with E-state index in [9.17, 15) is 9.90 Å². The molecule has 2 fully saturated rings. The summed E-state index contributed by atoms with van der Waals surface area (Å²) in [5.41, 5.74) is 0. The number of aliphatic hydroxyl groups is 1. The monoisotopic (exact) mass is 267 g/mol. The zero-order valence-electron chi connectivity index (χ0n) is 12.1. The average Bonchev–Trinajstić information content (AvgIpc) is 2.37. The van der Waals surface area contributed by atoms with Gasteiger partial charge in [0.1, 0.15) is 0 Å². The van der Waals surface area contributed by atoms with E-state index in [1.165, 1.54) is 32.1 Å². The summed E-state index contributed by atoms with van der Waals surface area (Å²) >= 11 is 0. The lowest BCUT2D eigenvalue weighted by Gasteiger charge is -2.26. The van der Waals surface area contributed by atoms with Gasteiger partial charge in [-0.05, 0) is 44.4 Å². The van der Waals surface area contributed by atoms with E-state index in [1.807, 2.05) is 0 Å². The van der Waals surface area contributed by atoms with Crippen molar-refractivity contribution in [2.24, 2.45) is 11.8 Å². The van der Waals surface area contributed by atoms with Crippen molar-refractivity contribution in [1.82, 2.24) is 5.32 Å². The largest absolute Gasteiger partial charge is 0.393 e. The topological polar surface area (TPSA) is 49.3 Å². The van der Waals surface area contributed by atoms with Gasteiger partial charge in [0.25, 0.3) is 0 Å². The van der Waals surface area contributed by atoms with E-state index in [2.05, 4.69) is 5.32 Å². The highest BCUT2D eigenvalue weighted by Gasteiger charge is 2.22. The maximum absolute atomic E-state index is 12.2. The summed E-state index contributed by atoms with van der Waals surface area (Å²) in [6, 6.07) is 0. The molecule has 0 atom stereocenters. The lowest BCUT2D eigenvalue weighted by molar-refractivity contribution is -0.125. The summed E-state index contributed by atoms with van der Waals surface area (Å²) < 4.78 is 0. The second-order valence-corrected chi connectivity index (χ2v) is 6.46. The van der Waals surface area contributed by atoms with Crippen LogP contribution in [0.4, 0.5) is 0 Å². The van der Waals surface area contributed by atoms with Gasteiger partial charge in [0, 0.05) is 12.5 Å². The highest BCUT2D eigenvalue weighted by Crippen LogP contribution is 2.25. The maximum Gasteiger partial charge on any atom is 0.223 e. The third-order valence-corrected chi connectivity index (χ3v) is 4.86. The van der Waals surface area contributed by atoms with Crippen molar-refractivity contribution in [2.75, 3.05) is 6.54 Å². The summed E-state index contributed by atoms with van der Waals surface area (Å²) in [6.07, 6.45) is 12.4. The second-order valence-electron chi connectivity index (χ2n) is 6.46. The Hall–Kier alpha value is -0.570. The van der Waals surface area contributed by atoms with Crippen molar-refractivity contribution in [3.8, 4) is 0 Å². The number of nitrogens with one attached hydrogen (secondary N) is 1. The molecule has 2 N–H and O–H groups in total. The van der Waals surface area contributed by atoms with Gasteiger partial charge in [-0.1, -0.05) is 32.1 Å². The molecule has 0 heterocycles. The molecule has 2 saturated carbocycles. The summed E-state index contributed by atoms with van der Waals surface area (Å²) in [5.74, 6) is 1.13. The zero-order chi connectivity index (χ0) is 13.5. The molecule has 0 unspecified atom stereocenters. The molecule has 0 saturated heterocycles. The van der Waals surface area contributed by atoms with Crippen LogP contribution in [0.3, 0.4) is 0 Å². The molecular formula is C16H29NO2. The Balaban J connectivity index is 1.67. The minimum absolute atomic E-state index is 0.0995. The fraction of sp³-hybridized carbons (Fsp3) is 0.938. The van der Waals surface area contributed by atoms with Crippen molar-refractivity contribution < 1.29 is 9.90 Å². The van der Waals surface area contributed by atoms with E-state index in [0.29, 0.717) is 5.92 Å². The van der Waals surface area contributed by atoms with Gasteiger partial charge >= 0.3 is 0 Å². The van der Waals surface area contributed by atoms with Crippen LogP contribution in [0.1, 0.15) is 70.6 Å². The van der Waals surface area contributed by atoms with Crippen LogP contribution in [0.25, 0.3) is 0 Å².